The van der Waals surface area contributed by atoms with E-state index in [2.05, 4.69) is 0 Å². The predicted octanol–water partition coefficient (Wildman–Crippen LogP) is 2.44. The lowest BCUT2D eigenvalue weighted by Crippen LogP contribution is -2.15. The van der Waals surface area contributed by atoms with Crippen molar-refractivity contribution in [3.8, 4) is 0 Å². The third kappa shape index (κ3) is 2.75. The van der Waals surface area contributed by atoms with Gasteiger partial charge >= 0.3 is 0 Å². The van der Waals surface area contributed by atoms with Crippen molar-refractivity contribution in [3.63, 3.8) is 0 Å². The molecule has 2 N–H and O–H groups in total. The van der Waals surface area contributed by atoms with Crippen LogP contribution >= 0.6 is 22.9 Å². The van der Waals surface area contributed by atoms with Crippen molar-refractivity contribution in [1.82, 2.24) is 0 Å². The summed E-state index contributed by atoms with van der Waals surface area (Å²) < 4.78 is 5.97. The number of hydrogen-bond donors (Lipinski definition) is 1. The third-order valence-corrected chi connectivity index (χ3v) is 2.82. The van der Waals surface area contributed by atoms with E-state index in [9.17, 15) is 0 Å². The molecule has 0 saturated heterocycles. The van der Waals surface area contributed by atoms with Crippen LogP contribution in [0.15, 0.2) is 12.1 Å². The van der Waals surface area contributed by atoms with Crippen molar-refractivity contribution in [2.24, 2.45) is 5.73 Å². The molecule has 1 heterocycles. The van der Waals surface area contributed by atoms with Gasteiger partial charge in [0.05, 0.1) is 17.0 Å². The molecule has 0 bridgehead atoms. The van der Waals surface area contributed by atoms with E-state index in [0.717, 1.165) is 9.21 Å². The van der Waals surface area contributed by atoms with E-state index in [1.807, 2.05) is 19.1 Å². The van der Waals surface area contributed by atoms with Crippen LogP contribution in [0.4, 0.5) is 0 Å². The van der Waals surface area contributed by atoms with Crippen LogP contribution in [0.3, 0.4) is 0 Å². The first-order chi connectivity index (χ1) is 5.74. The minimum Gasteiger partial charge on any atom is -0.380 e. The van der Waals surface area contributed by atoms with Gasteiger partial charge in [-0.15, -0.1) is 11.3 Å². The number of hydrogen-bond acceptors (Lipinski definition) is 3. The summed E-state index contributed by atoms with van der Waals surface area (Å²) in [7, 11) is 0. The van der Waals surface area contributed by atoms with E-state index in [0.29, 0.717) is 13.2 Å². The molecular formula is C8H12ClNOS. The van der Waals surface area contributed by atoms with Crippen molar-refractivity contribution in [2.45, 2.75) is 13.0 Å². The molecule has 2 nitrogen and oxygen atoms in total. The zero-order chi connectivity index (χ0) is 8.97. The number of rotatable bonds is 4. The second-order valence-corrected chi connectivity index (χ2v) is 4.15. The van der Waals surface area contributed by atoms with Gasteiger partial charge in [0, 0.05) is 11.5 Å². The van der Waals surface area contributed by atoms with Crippen LogP contribution in [-0.4, -0.2) is 13.2 Å². The van der Waals surface area contributed by atoms with E-state index in [4.69, 9.17) is 22.1 Å². The summed E-state index contributed by atoms with van der Waals surface area (Å²) >= 11 is 7.27. The maximum atomic E-state index is 5.82. The van der Waals surface area contributed by atoms with E-state index in [1.54, 1.807) is 0 Å². The molecule has 0 aliphatic carbocycles. The highest BCUT2D eigenvalue weighted by Crippen LogP contribution is 2.25. The lowest BCUT2D eigenvalue weighted by molar-refractivity contribution is 0.134. The van der Waals surface area contributed by atoms with Gasteiger partial charge in [-0.25, -0.2) is 0 Å². The molecule has 1 aromatic rings. The molecule has 0 fully saturated rings. The van der Waals surface area contributed by atoms with Crippen LogP contribution in [0.5, 0.6) is 0 Å². The fraction of sp³-hybridized carbons (Fsp3) is 0.500. The van der Waals surface area contributed by atoms with Crippen LogP contribution < -0.4 is 5.73 Å². The summed E-state index contributed by atoms with van der Waals surface area (Å²) in [5.74, 6) is 0. The topological polar surface area (TPSA) is 35.2 Å². The van der Waals surface area contributed by atoms with Gasteiger partial charge in [-0.2, -0.15) is 0 Å². The molecule has 0 aromatic carbocycles. The molecule has 1 aromatic heterocycles. The predicted molar refractivity (Wildman–Crippen MR) is 52.8 cm³/mol. The number of halogens is 1. The zero-order valence-corrected chi connectivity index (χ0v) is 8.49. The molecule has 0 spiro atoms. The molecule has 68 valence electrons. The van der Waals surface area contributed by atoms with Crippen LogP contribution in [-0.2, 0) is 4.74 Å². The maximum Gasteiger partial charge on any atom is 0.0931 e. The Labute approximate surface area is 81.3 Å². The Morgan fingerprint density at radius 1 is 1.67 bits per heavy atom. The van der Waals surface area contributed by atoms with Crippen molar-refractivity contribution < 1.29 is 4.74 Å². The third-order valence-electron chi connectivity index (χ3n) is 1.46. The van der Waals surface area contributed by atoms with Gasteiger partial charge in [0.25, 0.3) is 0 Å². The molecule has 0 aliphatic rings. The van der Waals surface area contributed by atoms with Gasteiger partial charge in [0.1, 0.15) is 0 Å². The minimum absolute atomic E-state index is 0.0394. The highest BCUT2D eigenvalue weighted by molar-refractivity contribution is 7.16. The van der Waals surface area contributed by atoms with E-state index < -0.39 is 0 Å². The van der Waals surface area contributed by atoms with Crippen molar-refractivity contribution in [2.75, 3.05) is 13.2 Å². The fourth-order valence-corrected chi connectivity index (χ4v) is 1.90. The van der Waals surface area contributed by atoms with Crippen molar-refractivity contribution in [1.29, 1.82) is 0 Å². The summed E-state index contributed by atoms with van der Waals surface area (Å²) in [6.07, 6.45) is 0. The standard InChI is InChI=1S/C8H12ClNOS/c1-2-11-5-6(10)7-3-4-8(9)12-7/h3-4,6H,2,5,10H2,1H3. The van der Waals surface area contributed by atoms with Gasteiger partial charge in [0.15, 0.2) is 0 Å². The van der Waals surface area contributed by atoms with Crippen molar-refractivity contribution in [3.05, 3.63) is 21.3 Å². The molecule has 0 amide bonds. The normalized spacial score (nSPS) is 13.2. The molecule has 0 aliphatic heterocycles. The number of thiophene rings is 1. The Hall–Kier alpha value is -0.0900. The summed E-state index contributed by atoms with van der Waals surface area (Å²) in [6, 6.07) is 3.76. The highest BCUT2D eigenvalue weighted by atomic mass is 35.5. The van der Waals surface area contributed by atoms with E-state index in [-0.39, 0.29) is 6.04 Å². The Balaban J connectivity index is 2.47. The summed E-state index contributed by atoms with van der Waals surface area (Å²) in [6.45, 7) is 3.22. The Bertz CT molecular complexity index is 239. The highest BCUT2D eigenvalue weighted by Gasteiger charge is 2.07. The average Bonchev–Trinajstić information content (AvgIpc) is 2.47. The smallest absolute Gasteiger partial charge is 0.0931 e. The maximum absolute atomic E-state index is 5.82. The quantitative estimate of drug-likeness (QED) is 0.820. The lowest BCUT2D eigenvalue weighted by atomic mass is 10.3. The molecule has 0 saturated carbocycles. The van der Waals surface area contributed by atoms with Crippen LogP contribution in [0, 0.1) is 0 Å². The SMILES string of the molecule is CCOCC(N)c1ccc(Cl)s1. The van der Waals surface area contributed by atoms with Gasteiger partial charge in [-0.05, 0) is 19.1 Å². The van der Waals surface area contributed by atoms with Gasteiger partial charge in [-0.1, -0.05) is 11.6 Å². The molecule has 4 heteroatoms. The molecule has 0 radical (unpaired) electrons. The van der Waals surface area contributed by atoms with Crippen molar-refractivity contribution >= 4 is 22.9 Å². The van der Waals surface area contributed by atoms with Crippen LogP contribution in [0.1, 0.15) is 17.8 Å². The molecule has 1 rings (SSSR count). The van der Waals surface area contributed by atoms with E-state index >= 15 is 0 Å². The number of nitrogens with two attached hydrogens (primary N) is 1. The van der Waals surface area contributed by atoms with Gasteiger partial charge < -0.3 is 10.5 Å². The van der Waals surface area contributed by atoms with Gasteiger partial charge in [0.2, 0.25) is 0 Å². The molecule has 1 atom stereocenters. The van der Waals surface area contributed by atoms with Crippen LogP contribution in [0.2, 0.25) is 4.34 Å². The Kier molecular flexibility index (Phi) is 4.01. The Morgan fingerprint density at radius 2 is 2.42 bits per heavy atom. The summed E-state index contributed by atoms with van der Waals surface area (Å²) in [4.78, 5) is 1.08. The van der Waals surface area contributed by atoms with Crippen LogP contribution in [0.25, 0.3) is 0 Å². The molecular weight excluding hydrogens is 194 g/mol. The average molecular weight is 206 g/mol. The number of ether oxygens (including phenoxy) is 1. The molecule has 12 heavy (non-hydrogen) atoms. The first-order valence-electron chi connectivity index (χ1n) is 3.82. The first kappa shape index (κ1) is 9.99. The first-order valence-corrected chi connectivity index (χ1v) is 5.02. The molecule has 1 unspecified atom stereocenters. The second-order valence-electron chi connectivity index (χ2n) is 2.41. The summed E-state index contributed by atoms with van der Waals surface area (Å²) in [5.41, 5.74) is 5.82. The van der Waals surface area contributed by atoms with E-state index in [1.165, 1.54) is 11.3 Å². The monoisotopic (exact) mass is 205 g/mol. The zero-order valence-electron chi connectivity index (χ0n) is 6.92. The fourth-order valence-electron chi connectivity index (χ4n) is 0.855. The minimum atomic E-state index is -0.0394. The Morgan fingerprint density at radius 3 is 2.92 bits per heavy atom. The second kappa shape index (κ2) is 4.82. The lowest BCUT2D eigenvalue weighted by Gasteiger charge is -2.08. The van der Waals surface area contributed by atoms with Gasteiger partial charge in [-0.3, -0.25) is 0 Å². The largest absolute Gasteiger partial charge is 0.380 e. The summed E-state index contributed by atoms with van der Waals surface area (Å²) in [5, 5.41) is 0.